The van der Waals surface area contributed by atoms with E-state index in [1.807, 2.05) is 13.8 Å². The van der Waals surface area contributed by atoms with Gasteiger partial charge in [-0.15, -0.1) is 0 Å². The highest BCUT2D eigenvalue weighted by Gasteiger charge is 2.17. The fourth-order valence-electron chi connectivity index (χ4n) is 1.72. The summed E-state index contributed by atoms with van der Waals surface area (Å²) in [6.07, 6.45) is 2.70. The van der Waals surface area contributed by atoms with E-state index in [9.17, 15) is 4.79 Å². The number of nitrogens with one attached hydrogen (secondary N) is 1. The van der Waals surface area contributed by atoms with Crippen LogP contribution in [-0.2, 0) is 0 Å². The van der Waals surface area contributed by atoms with Crippen LogP contribution >= 0.6 is 0 Å². The van der Waals surface area contributed by atoms with Gasteiger partial charge in [-0.2, -0.15) is 5.10 Å². The molecule has 0 aromatic carbocycles. The van der Waals surface area contributed by atoms with Crippen molar-refractivity contribution < 1.29 is 0 Å². The molecule has 0 unspecified atom stereocenters. The standard InChI is InChI=1S/C10H21N5O/c1-7(2)15-9(13-14-10(15)16)8(12)5-3-4-6-11/h7-8H,3-6,11-12H2,1-2H3,(H,14,16)/t8-/m0/s1. The van der Waals surface area contributed by atoms with Gasteiger partial charge < -0.3 is 11.5 Å². The molecule has 1 aromatic rings. The van der Waals surface area contributed by atoms with Gasteiger partial charge in [0.1, 0.15) is 0 Å². The van der Waals surface area contributed by atoms with Crippen molar-refractivity contribution >= 4 is 0 Å². The fourth-order valence-corrected chi connectivity index (χ4v) is 1.72. The molecule has 0 saturated heterocycles. The number of nitrogens with zero attached hydrogens (tertiary/aromatic N) is 2. The third-order valence-electron chi connectivity index (χ3n) is 2.55. The molecule has 0 aliphatic heterocycles. The predicted octanol–water partition coefficient (Wildman–Crippen LogP) is 0.281. The first kappa shape index (κ1) is 12.9. The van der Waals surface area contributed by atoms with Crippen LogP contribution in [0, 0.1) is 0 Å². The zero-order chi connectivity index (χ0) is 12.1. The molecule has 0 radical (unpaired) electrons. The Labute approximate surface area is 95.0 Å². The lowest BCUT2D eigenvalue weighted by Crippen LogP contribution is -2.25. The predicted molar refractivity (Wildman–Crippen MR) is 63.1 cm³/mol. The summed E-state index contributed by atoms with van der Waals surface area (Å²) < 4.78 is 1.60. The lowest BCUT2D eigenvalue weighted by Gasteiger charge is -2.14. The second kappa shape index (κ2) is 5.81. The molecule has 1 heterocycles. The van der Waals surface area contributed by atoms with E-state index in [-0.39, 0.29) is 17.8 Å². The Bertz CT molecular complexity index is 368. The minimum atomic E-state index is -0.201. The second-order valence-electron chi connectivity index (χ2n) is 4.24. The van der Waals surface area contributed by atoms with Crippen molar-refractivity contribution in [1.82, 2.24) is 14.8 Å². The lowest BCUT2D eigenvalue weighted by atomic mass is 10.1. The Morgan fingerprint density at radius 3 is 2.69 bits per heavy atom. The summed E-state index contributed by atoms with van der Waals surface area (Å²) in [5.41, 5.74) is 11.2. The van der Waals surface area contributed by atoms with Crippen LogP contribution in [0.3, 0.4) is 0 Å². The average molecular weight is 227 g/mol. The molecule has 1 rings (SSSR count). The first-order valence-corrected chi connectivity index (χ1v) is 5.70. The van der Waals surface area contributed by atoms with Crippen LogP contribution in [-0.4, -0.2) is 21.3 Å². The molecule has 0 amide bonds. The number of H-pyrrole nitrogens is 1. The van der Waals surface area contributed by atoms with Gasteiger partial charge in [-0.3, -0.25) is 4.57 Å². The van der Waals surface area contributed by atoms with E-state index >= 15 is 0 Å². The highest BCUT2D eigenvalue weighted by atomic mass is 16.1. The Morgan fingerprint density at radius 1 is 1.44 bits per heavy atom. The molecule has 6 nitrogen and oxygen atoms in total. The van der Waals surface area contributed by atoms with Gasteiger partial charge in [0.05, 0.1) is 6.04 Å². The third-order valence-corrected chi connectivity index (χ3v) is 2.55. The maximum atomic E-state index is 11.5. The number of unbranched alkanes of at least 4 members (excludes halogenated alkanes) is 1. The summed E-state index contributed by atoms with van der Waals surface area (Å²) >= 11 is 0. The number of nitrogens with two attached hydrogens (primary N) is 2. The zero-order valence-corrected chi connectivity index (χ0v) is 9.94. The van der Waals surface area contributed by atoms with Crippen molar-refractivity contribution in [3.63, 3.8) is 0 Å². The van der Waals surface area contributed by atoms with Crippen molar-refractivity contribution in [3.8, 4) is 0 Å². The number of aromatic amines is 1. The van der Waals surface area contributed by atoms with Gasteiger partial charge in [0, 0.05) is 6.04 Å². The van der Waals surface area contributed by atoms with E-state index in [0.29, 0.717) is 12.4 Å². The fraction of sp³-hybridized carbons (Fsp3) is 0.800. The second-order valence-corrected chi connectivity index (χ2v) is 4.24. The summed E-state index contributed by atoms with van der Waals surface area (Å²) in [5, 5.41) is 6.43. The Hall–Kier alpha value is -1.14. The molecule has 0 aliphatic carbocycles. The summed E-state index contributed by atoms with van der Waals surface area (Å²) in [6, 6.07) is -0.130. The minimum Gasteiger partial charge on any atom is -0.330 e. The summed E-state index contributed by atoms with van der Waals surface area (Å²) in [7, 11) is 0. The van der Waals surface area contributed by atoms with Crippen molar-refractivity contribution in [2.45, 2.75) is 45.2 Å². The van der Waals surface area contributed by atoms with E-state index in [1.54, 1.807) is 4.57 Å². The van der Waals surface area contributed by atoms with Gasteiger partial charge in [-0.05, 0) is 33.2 Å². The van der Waals surface area contributed by atoms with Gasteiger partial charge in [0.15, 0.2) is 5.82 Å². The topological polar surface area (TPSA) is 103 Å². The summed E-state index contributed by atoms with van der Waals surface area (Å²) in [5.74, 6) is 0.636. The molecule has 0 bridgehead atoms. The highest BCUT2D eigenvalue weighted by Crippen LogP contribution is 2.15. The van der Waals surface area contributed by atoms with E-state index in [2.05, 4.69) is 10.2 Å². The molecule has 0 spiro atoms. The molecule has 6 heteroatoms. The Kier molecular flexibility index (Phi) is 4.70. The highest BCUT2D eigenvalue weighted by molar-refractivity contribution is 4.95. The molecule has 1 atom stereocenters. The van der Waals surface area contributed by atoms with Crippen molar-refractivity contribution in [2.24, 2.45) is 11.5 Å². The maximum absolute atomic E-state index is 11.5. The van der Waals surface area contributed by atoms with Crippen molar-refractivity contribution in [3.05, 3.63) is 16.3 Å². The molecule has 0 fully saturated rings. The average Bonchev–Trinajstić information content (AvgIpc) is 2.60. The largest absolute Gasteiger partial charge is 0.343 e. The summed E-state index contributed by atoms with van der Waals surface area (Å²) in [4.78, 5) is 11.5. The smallest absolute Gasteiger partial charge is 0.330 e. The molecular formula is C10H21N5O. The molecule has 1 aromatic heterocycles. The van der Waals surface area contributed by atoms with Crippen LogP contribution in [0.2, 0.25) is 0 Å². The molecule has 5 N–H and O–H groups in total. The van der Waals surface area contributed by atoms with Crippen LogP contribution in [0.1, 0.15) is 51.0 Å². The van der Waals surface area contributed by atoms with Crippen LogP contribution < -0.4 is 17.2 Å². The molecule has 16 heavy (non-hydrogen) atoms. The molecule has 92 valence electrons. The maximum Gasteiger partial charge on any atom is 0.343 e. The van der Waals surface area contributed by atoms with Crippen LogP contribution in [0.5, 0.6) is 0 Å². The van der Waals surface area contributed by atoms with Gasteiger partial charge in [0.2, 0.25) is 0 Å². The van der Waals surface area contributed by atoms with Crippen molar-refractivity contribution in [1.29, 1.82) is 0 Å². The van der Waals surface area contributed by atoms with E-state index in [4.69, 9.17) is 11.5 Å². The van der Waals surface area contributed by atoms with Gasteiger partial charge in [-0.25, -0.2) is 9.89 Å². The minimum absolute atomic E-state index is 0.0711. The monoisotopic (exact) mass is 227 g/mol. The SMILES string of the molecule is CC(C)n1c([C@@H](N)CCCCN)n[nH]c1=O. The summed E-state index contributed by atoms with van der Waals surface area (Å²) in [6.45, 7) is 4.55. The van der Waals surface area contributed by atoms with E-state index < -0.39 is 0 Å². The number of hydrogen-bond acceptors (Lipinski definition) is 4. The van der Waals surface area contributed by atoms with Crippen LogP contribution in [0.25, 0.3) is 0 Å². The zero-order valence-electron chi connectivity index (χ0n) is 9.94. The van der Waals surface area contributed by atoms with Crippen molar-refractivity contribution in [2.75, 3.05) is 6.54 Å². The Morgan fingerprint density at radius 2 is 2.12 bits per heavy atom. The molecular weight excluding hydrogens is 206 g/mol. The first-order chi connectivity index (χ1) is 7.57. The first-order valence-electron chi connectivity index (χ1n) is 5.70. The third kappa shape index (κ3) is 2.93. The van der Waals surface area contributed by atoms with E-state index in [0.717, 1.165) is 19.3 Å². The number of aromatic nitrogens is 3. The van der Waals surface area contributed by atoms with Crippen LogP contribution in [0.15, 0.2) is 4.79 Å². The molecule has 0 aliphatic rings. The molecule has 0 saturated carbocycles. The quantitative estimate of drug-likeness (QED) is 0.607. The van der Waals surface area contributed by atoms with Crippen LogP contribution in [0.4, 0.5) is 0 Å². The van der Waals surface area contributed by atoms with E-state index in [1.165, 1.54) is 0 Å². The van der Waals surface area contributed by atoms with Gasteiger partial charge >= 0.3 is 5.69 Å². The normalized spacial score (nSPS) is 13.3. The van der Waals surface area contributed by atoms with Gasteiger partial charge in [-0.1, -0.05) is 6.42 Å². The number of hydrogen-bond donors (Lipinski definition) is 3. The lowest BCUT2D eigenvalue weighted by molar-refractivity contribution is 0.491. The number of rotatable bonds is 6. The Balaban J connectivity index is 2.75. The van der Waals surface area contributed by atoms with Gasteiger partial charge in [0.25, 0.3) is 0 Å².